The fourth-order valence-corrected chi connectivity index (χ4v) is 1.80. The van der Waals surface area contributed by atoms with Gasteiger partial charge in [0, 0.05) is 26.6 Å². The van der Waals surface area contributed by atoms with Crippen molar-refractivity contribution in [3.63, 3.8) is 0 Å². The monoisotopic (exact) mass is 297 g/mol. The van der Waals surface area contributed by atoms with Crippen molar-refractivity contribution in [3.8, 4) is 11.5 Å². The van der Waals surface area contributed by atoms with Crippen LogP contribution in [-0.4, -0.2) is 44.7 Å². The van der Waals surface area contributed by atoms with Crippen LogP contribution in [0.2, 0.25) is 0 Å². The summed E-state index contributed by atoms with van der Waals surface area (Å²) in [6, 6.07) is 5.92. The van der Waals surface area contributed by atoms with E-state index in [4.69, 9.17) is 14.2 Å². The van der Waals surface area contributed by atoms with Gasteiger partial charge in [0.25, 0.3) is 0 Å². The molecule has 0 amide bonds. The second-order valence-corrected chi connectivity index (χ2v) is 4.87. The van der Waals surface area contributed by atoms with Gasteiger partial charge < -0.3 is 24.6 Å². The van der Waals surface area contributed by atoms with Crippen LogP contribution in [0.1, 0.15) is 25.8 Å². The molecule has 0 aliphatic rings. The zero-order valence-electron chi connectivity index (χ0n) is 13.2. The van der Waals surface area contributed by atoms with Crippen LogP contribution in [0.25, 0.3) is 0 Å². The van der Waals surface area contributed by atoms with Crippen molar-refractivity contribution >= 4 is 0 Å². The van der Waals surface area contributed by atoms with Gasteiger partial charge in [0.2, 0.25) is 0 Å². The van der Waals surface area contributed by atoms with E-state index >= 15 is 0 Å². The smallest absolute Gasteiger partial charge is 0.161 e. The van der Waals surface area contributed by atoms with Crippen LogP contribution >= 0.6 is 0 Å². The lowest BCUT2D eigenvalue weighted by Crippen LogP contribution is -2.18. The molecular formula is C16H27NO4. The topological polar surface area (TPSA) is 60.0 Å². The summed E-state index contributed by atoms with van der Waals surface area (Å²) >= 11 is 0. The first-order valence-corrected chi connectivity index (χ1v) is 7.43. The minimum atomic E-state index is -0.357. The van der Waals surface area contributed by atoms with E-state index in [2.05, 4.69) is 5.32 Å². The molecule has 0 aromatic heterocycles. The van der Waals surface area contributed by atoms with E-state index in [-0.39, 0.29) is 6.10 Å². The van der Waals surface area contributed by atoms with E-state index in [0.717, 1.165) is 30.2 Å². The van der Waals surface area contributed by atoms with Crippen molar-refractivity contribution < 1.29 is 19.3 Å². The Morgan fingerprint density at radius 2 is 2.00 bits per heavy atom. The molecule has 5 heteroatoms. The maximum absolute atomic E-state index is 9.26. The van der Waals surface area contributed by atoms with Gasteiger partial charge in [-0.25, -0.2) is 0 Å². The Morgan fingerprint density at radius 3 is 2.67 bits per heavy atom. The van der Waals surface area contributed by atoms with Gasteiger partial charge in [0.05, 0.1) is 25.9 Å². The number of ether oxygens (including phenoxy) is 3. The molecule has 0 bridgehead atoms. The number of aliphatic hydroxyl groups is 1. The first kappa shape index (κ1) is 17.8. The van der Waals surface area contributed by atoms with Gasteiger partial charge in [-0.3, -0.25) is 0 Å². The van der Waals surface area contributed by atoms with Gasteiger partial charge in [-0.1, -0.05) is 6.07 Å². The Hall–Kier alpha value is -1.30. The molecule has 1 atom stereocenters. The summed E-state index contributed by atoms with van der Waals surface area (Å²) in [5, 5.41) is 12.6. The molecule has 0 radical (unpaired) electrons. The third-order valence-electron chi connectivity index (χ3n) is 2.91. The van der Waals surface area contributed by atoms with E-state index < -0.39 is 0 Å². The quantitative estimate of drug-likeness (QED) is 0.612. The fraction of sp³-hybridized carbons (Fsp3) is 0.625. The first-order chi connectivity index (χ1) is 10.2. The van der Waals surface area contributed by atoms with E-state index in [9.17, 15) is 5.11 Å². The lowest BCUT2D eigenvalue weighted by molar-refractivity contribution is 0.153. The molecule has 5 nitrogen and oxygen atoms in total. The maximum atomic E-state index is 9.26. The van der Waals surface area contributed by atoms with Gasteiger partial charge in [-0.2, -0.15) is 0 Å². The van der Waals surface area contributed by atoms with E-state index in [1.54, 1.807) is 14.0 Å². The summed E-state index contributed by atoms with van der Waals surface area (Å²) in [4.78, 5) is 0. The van der Waals surface area contributed by atoms with Gasteiger partial charge >= 0.3 is 0 Å². The van der Waals surface area contributed by atoms with Gasteiger partial charge in [-0.05, 0) is 31.5 Å². The van der Waals surface area contributed by atoms with Crippen molar-refractivity contribution in [3.05, 3.63) is 23.8 Å². The number of hydrogen-bond acceptors (Lipinski definition) is 5. The van der Waals surface area contributed by atoms with Gasteiger partial charge in [0.1, 0.15) is 0 Å². The Morgan fingerprint density at radius 1 is 1.19 bits per heavy atom. The molecule has 2 N–H and O–H groups in total. The number of methoxy groups -OCH3 is 1. The number of benzene rings is 1. The lowest BCUT2D eigenvalue weighted by atomic mass is 10.2. The van der Waals surface area contributed by atoms with Crippen LogP contribution in [0.4, 0.5) is 0 Å². The predicted octanol–water partition coefficient (Wildman–Crippen LogP) is 1.97. The van der Waals surface area contributed by atoms with E-state index in [0.29, 0.717) is 26.2 Å². The number of rotatable bonds is 11. The van der Waals surface area contributed by atoms with Crippen LogP contribution in [0.15, 0.2) is 18.2 Å². The molecule has 1 rings (SSSR count). The maximum Gasteiger partial charge on any atom is 0.161 e. The normalized spacial score (nSPS) is 12.2. The molecule has 1 aromatic rings. The minimum Gasteiger partial charge on any atom is -0.490 e. The molecule has 21 heavy (non-hydrogen) atoms. The Kier molecular flexibility index (Phi) is 8.82. The summed E-state index contributed by atoms with van der Waals surface area (Å²) in [5.74, 6) is 1.47. The summed E-state index contributed by atoms with van der Waals surface area (Å²) < 4.78 is 16.3. The van der Waals surface area contributed by atoms with Crippen LogP contribution in [0.5, 0.6) is 11.5 Å². The summed E-state index contributed by atoms with van der Waals surface area (Å²) in [5.41, 5.74) is 1.14. The number of hydrogen-bond donors (Lipinski definition) is 2. The second kappa shape index (κ2) is 10.4. The third kappa shape index (κ3) is 7.32. The lowest BCUT2D eigenvalue weighted by Gasteiger charge is -2.14. The predicted molar refractivity (Wildman–Crippen MR) is 83.0 cm³/mol. The van der Waals surface area contributed by atoms with Crippen molar-refractivity contribution in [1.82, 2.24) is 5.32 Å². The average molecular weight is 297 g/mol. The highest BCUT2D eigenvalue weighted by Crippen LogP contribution is 2.28. The molecular weight excluding hydrogens is 270 g/mol. The minimum absolute atomic E-state index is 0.357. The molecule has 1 aromatic carbocycles. The molecule has 0 spiro atoms. The molecule has 1 unspecified atom stereocenters. The number of nitrogens with one attached hydrogen (secondary N) is 1. The van der Waals surface area contributed by atoms with Crippen LogP contribution in [0.3, 0.4) is 0 Å². The Balaban J connectivity index is 2.58. The SMILES string of the molecule is CCOc1cc(CNCCOC)ccc1OCCC(C)O. The molecule has 0 saturated heterocycles. The molecule has 120 valence electrons. The first-order valence-electron chi connectivity index (χ1n) is 7.43. The largest absolute Gasteiger partial charge is 0.490 e. The fourth-order valence-electron chi connectivity index (χ4n) is 1.80. The second-order valence-electron chi connectivity index (χ2n) is 4.87. The zero-order valence-corrected chi connectivity index (χ0v) is 13.2. The third-order valence-corrected chi connectivity index (χ3v) is 2.91. The van der Waals surface area contributed by atoms with Gasteiger partial charge in [-0.15, -0.1) is 0 Å². The van der Waals surface area contributed by atoms with Crippen molar-refractivity contribution in [2.75, 3.05) is 33.5 Å². The Labute approximate surface area is 127 Å². The molecule has 0 saturated carbocycles. The number of aliphatic hydroxyl groups excluding tert-OH is 1. The highest BCUT2D eigenvalue weighted by atomic mass is 16.5. The zero-order chi connectivity index (χ0) is 15.5. The van der Waals surface area contributed by atoms with Crippen molar-refractivity contribution in [2.45, 2.75) is 32.9 Å². The summed E-state index contributed by atoms with van der Waals surface area (Å²) in [7, 11) is 1.69. The van der Waals surface area contributed by atoms with Crippen molar-refractivity contribution in [2.24, 2.45) is 0 Å². The van der Waals surface area contributed by atoms with Crippen LogP contribution in [0, 0.1) is 0 Å². The average Bonchev–Trinajstić information content (AvgIpc) is 2.45. The molecule has 0 heterocycles. The van der Waals surface area contributed by atoms with E-state index in [1.807, 2.05) is 25.1 Å². The van der Waals surface area contributed by atoms with Crippen LogP contribution in [-0.2, 0) is 11.3 Å². The summed E-state index contributed by atoms with van der Waals surface area (Å²) in [6.07, 6.45) is 0.246. The standard InChI is InChI=1S/C16H27NO4/c1-4-20-16-11-14(12-17-8-10-19-3)5-6-15(16)21-9-7-13(2)18/h5-6,11,13,17-18H,4,7-10,12H2,1-3H3. The molecule has 0 aliphatic heterocycles. The highest BCUT2D eigenvalue weighted by Gasteiger charge is 2.07. The van der Waals surface area contributed by atoms with Gasteiger partial charge in [0.15, 0.2) is 11.5 Å². The molecule has 0 aliphatic carbocycles. The summed E-state index contributed by atoms with van der Waals surface area (Å²) in [6.45, 7) is 7.03. The Bertz CT molecular complexity index is 396. The molecule has 0 fully saturated rings. The van der Waals surface area contributed by atoms with Crippen LogP contribution < -0.4 is 14.8 Å². The van der Waals surface area contributed by atoms with E-state index in [1.165, 1.54) is 0 Å². The highest BCUT2D eigenvalue weighted by molar-refractivity contribution is 5.43. The van der Waals surface area contributed by atoms with Crippen molar-refractivity contribution in [1.29, 1.82) is 0 Å².